The molecule has 3 rings (SSSR count). The first kappa shape index (κ1) is 23.3. The molecule has 170 valence electrons. The molecule has 0 fully saturated rings. The highest BCUT2D eigenvalue weighted by atomic mass is 16.7. The average molecular weight is 440 g/mol. The maximum absolute atomic E-state index is 13.1. The van der Waals surface area contributed by atoms with Crippen molar-refractivity contribution in [3.05, 3.63) is 58.7 Å². The highest BCUT2D eigenvalue weighted by molar-refractivity contribution is 6.27. The molecule has 0 saturated heterocycles. The first-order valence-corrected chi connectivity index (χ1v) is 10.8. The zero-order chi connectivity index (χ0) is 23.3. The number of hydrogen-bond donors (Lipinski definition) is 2. The smallest absolute Gasteiger partial charge is 0.507 e. The molecule has 1 unspecified atom stereocenters. The normalized spacial score (nSPS) is 19.2. The minimum atomic E-state index is -1.08. The Hall–Kier alpha value is -3.35. The SMILES string of the molecule is CC(C)=CC[C@@H](OC(=O)OC1C=CCCCCC1)C1=CC(=O)c2c(O)ccc(O)c2C1=O. The first-order valence-electron chi connectivity index (χ1n) is 10.8. The summed E-state index contributed by atoms with van der Waals surface area (Å²) in [5.41, 5.74) is 0.300. The number of benzene rings is 1. The van der Waals surface area contributed by atoms with Crippen molar-refractivity contribution in [2.75, 3.05) is 0 Å². The van der Waals surface area contributed by atoms with Gasteiger partial charge in [0.1, 0.15) is 23.7 Å². The summed E-state index contributed by atoms with van der Waals surface area (Å²) < 4.78 is 10.9. The van der Waals surface area contributed by atoms with Gasteiger partial charge in [-0.15, -0.1) is 0 Å². The fourth-order valence-corrected chi connectivity index (χ4v) is 3.80. The van der Waals surface area contributed by atoms with Crippen LogP contribution >= 0.6 is 0 Å². The van der Waals surface area contributed by atoms with Gasteiger partial charge in [-0.3, -0.25) is 9.59 Å². The zero-order valence-corrected chi connectivity index (χ0v) is 18.3. The third-order valence-electron chi connectivity index (χ3n) is 5.47. The van der Waals surface area contributed by atoms with Gasteiger partial charge in [0.2, 0.25) is 0 Å². The monoisotopic (exact) mass is 440 g/mol. The second-order valence-electron chi connectivity index (χ2n) is 8.24. The maximum atomic E-state index is 13.1. The van der Waals surface area contributed by atoms with Gasteiger partial charge < -0.3 is 19.7 Å². The third-order valence-corrected chi connectivity index (χ3v) is 5.47. The standard InChI is InChI=1S/C25H28O7/c1-15(2)10-13-21(32-25(30)31-16-8-6-4-3-5-7-9-16)17-14-20(28)22-18(26)11-12-19(27)23(22)24(17)29/h6,8,10-12,14,16,21,26-27H,3-5,7,9,13H2,1-2H3/t16?,21-/m1/s1. The summed E-state index contributed by atoms with van der Waals surface area (Å²) in [7, 11) is 0. The number of rotatable bonds is 5. The number of hydrogen-bond acceptors (Lipinski definition) is 7. The summed E-state index contributed by atoms with van der Waals surface area (Å²) in [6.45, 7) is 3.71. The first-order chi connectivity index (χ1) is 15.3. The Morgan fingerprint density at radius 3 is 2.56 bits per heavy atom. The van der Waals surface area contributed by atoms with Gasteiger partial charge in [0.25, 0.3) is 0 Å². The molecule has 1 aromatic carbocycles. The van der Waals surface area contributed by atoms with E-state index >= 15 is 0 Å². The van der Waals surface area contributed by atoms with Gasteiger partial charge in [-0.25, -0.2) is 4.79 Å². The summed E-state index contributed by atoms with van der Waals surface area (Å²) in [6.07, 6.45) is 9.09. The molecule has 0 radical (unpaired) electrons. The van der Waals surface area contributed by atoms with E-state index in [2.05, 4.69) is 0 Å². The van der Waals surface area contributed by atoms with Crippen molar-refractivity contribution in [2.24, 2.45) is 0 Å². The molecule has 2 atom stereocenters. The Labute approximate surface area is 187 Å². The number of Topliss-reactive ketones (excluding diaryl/α,β-unsaturated/α-hetero) is 1. The summed E-state index contributed by atoms with van der Waals surface area (Å²) in [6, 6.07) is 2.29. The maximum Gasteiger partial charge on any atom is 0.509 e. The van der Waals surface area contributed by atoms with Gasteiger partial charge in [0.05, 0.1) is 11.1 Å². The predicted octanol–water partition coefficient (Wildman–Crippen LogP) is 5.17. The molecule has 1 aromatic rings. The predicted molar refractivity (Wildman–Crippen MR) is 118 cm³/mol. The second kappa shape index (κ2) is 10.3. The Morgan fingerprint density at radius 2 is 1.84 bits per heavy atom. The Balaban J connectivity index is 1.85. The van der Waals surface area contributed by atoms with Crippen LogP contribution in [-0.4, -0.2) is 40.1 Å². The van der Waals surface area contributed by atoms with Crippen molar-refractivity contribution >= 4 is 17.7 Å². The minimum absolute atomic E-state index is 0.0777. The van der Waals surface area contributed by atoms with Crippen molar-refractivity contribution < 1.29 is 34.1 Å². The summed E-state index contributed by atoms with van der Waals surface area (Å²) in [5, 5.41) is 20.2. The topological polar surface area (TPSA) is 110 Å². The number of allylic oxidation sites excluding steroid dienone is 3. The van der Waals surface area contributed by atoms with E-state index in [4.69, 9.17) is 9.47 Å². The number of aromatic hydroxyl groups is 2. The number of carbonyl (C=O) groups is 3. The molecular formula is C25H28O7. The quantitative estimate of drug-likeness (QED) is 0.369. The molecule has 7 heteroatoms. The largest absolute Gasteiger partial charge is 0.509 e. The van der Waals surface area contributed by atoms with E-state index in [0.29, 0.717) is 6.42 Å². The molecular weight excluding hydrogens is 412 g/mol. The highest BCUT2D eigenvalue weighted by Gasteiger charge is 2.36. The van der Waals surface area contributed by atoms with Crippen LogP contribution in [0.25, 0.3) is 0 Å². The number of fused-ring (bicyclic) bond motifs is 1. The molecule has 0 amide bonds. The van der Waals surface area contributed by atoms with Crippen LogP contribution in [0.4, 0.5) is 4.79 Å². The molecule has 32 heavy (non-hydrogen) atoms. The Kier molecular flexibility index (Phi) is 7.51. The van der Waals surface area contributed by atoms with E-state index < -0.39 is 41.4 Å². The van der Waals surface area contributed by atoms with Crippen LogP contribution < -0.4 is 0 Å². The zero-order valence-electron chi connectivity index (χ0n) is 18.3. The number of carbonyl (C=O) groups excluding carboxylic acids is 3. The molecule has 2 aliphatic carbocycles. The number of ketones is 2. The number of phenolic OH excluding ortho intramolecular Hbond substituents is 2. The van der Waals surface area contributed by atoms with Gasteiger partial charge in [0, 0.05) is 12.0 Å². The lowest BCUT2D eigenvalue weighted by atomic mass is 9.85. The molecule has 2 N–H and O–H groups in total. The lowest BCUT2D eigenvalue weighted by Gasteiger charge is -2.24. The molecule has 0 saturated carbocycles. The number of ether oxygens (including phenoxy) is 2. The van der Waals surface area contributed by atoms with Gasteiger partial charge in [-0.1, -0.05) is 24.1 Å². The van der Waals surface area contributed by atoms with Crippen LogP contribution in [0.1, 0.15) is 73.1 Å². The second-order valence-corrected chi connectivity index (χ2v) is 8.24. The van der Waals surface area contributed by atoms with Gasteiger partial charge in [-0.2, -0.15) is 0 Å². The van der Waals surface area contributed by atoms with E-state index in [1.165, 1.54) is 0 Å². The van der Waals surface area contributed by atoms with E-state index in [1.807, 2.05) is 26.0 Å². The van der Waals surface area contributed by atoms with Gasteiger partial charge >= 0.3 is 6.16 Å². The van der Waals surface area contributed by atoms with E-state index in [9.17, 15) is 24.6 Å². The molecule has 2 aliphatic rings. The average Bonchev–Trinajstić information content (AvgIpc) is 2.71. The lowest BCUT2D eigenvalue weighted by Crippen LogP contribution is -2.30. The fraction of sp³-hybridized carbons (Fsp3) is 0.400. The molecule has 0 bridgehead atoms. The van der Waals surface area contributed by atoms with Crippen LogP contribution in [0.15, 0.2) is 47.6 Å². The van der Waals surface area contributed by atoms with Crippen LogP contribution in [0.3, 0.4) is 0 Å². The summed E-state index contributed by atoms with van der Waals surface area (Å²) in [5.74, 6) is -2.16. The van der Waals surface area contributed by atoms with Crippen molar-refractivity contribution in [1.82, 2.24) is 0 Å². The van der Waals surface area contributed by atoms with E-state index in [0.717, 1.165) is 49.5 Å². The Bertz CT molecular complexity index is 996. The molecule has 7 nitrogen and oxygen atoms in total. The van der Waals surface area contributed by atoms with Crippen molar-refractivity contribution in [1.29, 1.82) is 0 Å². The molecule has 0 aromatic heterocycles. The molecule has 0 spiro atoms. The van der Waals surface area contributed by atoms with Crippen LogP contribution in [0.2, 0.25) is 0 Å². The van der Waals surface area contributed by atoms with E-state index in [1.54, 1.807) is 6.08 Å². The molecule has 0 aliphatic heterocycles. The minimum Gasteiger partial charge on any atom is -0.507 e. The lowest BCUT2D eigenvalue weighted by molar-refractivity contribution is 0.0163. The van der Waals surface area contributed by atoms with Gasteiger partial charge in [-0.05, 0) is 63.8 Å². The molecule has 0 heterocycles. The highest BCUT2D eigenvalue weighted by Crippen LogP contribution is 2.36. The van der Waals surface area contributed by atoms with E-state index in [-0.39, 0.29) is 23.1 Å². The van der Waals surface area contributed by atoms with Crippen molar-refractivity contribution in [3.8, 4) is 11.5 Å². The Morgan fingerprint density at radius 1 is 1.12 bits per heavy atom. The van der Waals surface area contributed by atoms with Crippen LogP contribution in [-0.2, 0) is 9.47 Å². The third kappa shape index (κ3) is 5.46. The summed E-state index contributed by atoms with van der Waals surface area (Å²) in [4.78, 5) is 38.3. The van der Waals surface area contributed by atoms with Crippen LogP contribution in [0.5, 0.6) is 11.5 Å². The van der Waals surface area contributed by atoms with Crippen molar-refractivity contribution in [3.63, 3.8) is 0 Å². The van der Waals surface area contributed by atoms with Crippen molar-refractivity contribution in [2.45, 2.75) is 64.6 Å². The van der Waals surface area contributed by atoms with Gasteiger partial charge in [0.15, 0.2) is 11.6 Å². The summed E-state index contributed by atoms with van der Waals surface area (Å²) >= 11 is 0. The van der Waals surface area contributed by atoms with Crippen LogP contribution in [0, 0.1) is 0 Å². The fourth-order valence-electron chi connectivity index (χ4n) is 3.80. The number of phenols is 2.